The standard InChI is InChI=1S/C28H34N4O4S/c1-3-36-28(35)37-19-7-5-4-6-15-31-17-18-32(20-31)16-9-14-29-24-13-12-23-25-21(24)10-8-11-22(25)26(33)30(2)27(23)34/h8,10-13,17-18,20H,3-7,9,14-16,19H2,1-2H3/p+1. The summed E-state index contributed by atoms with van der Waals surface area (Å²) in [7, 11) is 1.53. The molecule has 0 bridgehead atoms. The highest BCUT2D eigenvalue weighted by atomic mass is 32.2. The lowest BCUT2D eigenvalue weighted by atomic mass is 9.93. The third-order valence-corrected chi connectivity index (χ3v) is 7.40. The van der Waals surface area contributed by atoms with Gasteiger partial charge in [0.1, 0.15) is 12.4 Å². The molecule has 3 aromatic rings. The topological polar surface area (TPSA) is 84.5 Å². The first-order valence-corrected chi connectivity index (χ1v) is 13.9. The van der Waals surface area contributed by atoms with Crippen molar-refractivity contribution in [1.29, 1.82) is 0 Å². The number of carbonyl (C=O) groups excluding carboxylic acids is 3. The van der Waals surface area contributed by atoms with Gasteiger partial charge in [-0.05, 0) is 56.1 Å². The Morgan fingerprint density at radius 3 is 2.62 bits per heavy atom. The molecule has 0 atom stereocenters. The Labute approximate surface area is 222 Å². The molecule has 0 saturated carbocycles. The van der Waals surface area contributed by atoms with E-state index in [9.17, 15) is 14.4 Å². The summed E-state index contributed by atoms with van der Waals surface area (Å²) in [6, 6.07) is 9.36. The minimum atomic E-state index is -0.255. The summed E-state index contributed by atoms with van der Waals surface area (Å²) in [5.74, 6) is 0.314. The van der Waals surface area contributed by atoms with Crippen molar-refractivity contribution in [2.24, 2.45) is 0 Å². The van der Waals surface area contributed by atoms with Crippen LogP contribution in [0.4, 0.5) is 10.5 Å². The monoisotopic (exact) mass is 523 g/mol. The molecule has 9 heteroatoms. The minimum absolute atomic E-state index is 0.170. The Bertz CT molecular complexity index is 1250. The van der Waals surface area contributed by atoms with Crippen molar-refractivity contribution in [2.45, 2.75) is 52.1 Å². The lowest BCUT2D eigenvalue weighted by Crippen LogP contribution is -2.36. The molecule has 2 amide bonds. The van der Waals surface area contributed by atoms with Crippen LogP contribution in [-0.2, 0) is 17.8 Å². The number of hydrogen-bond acceptors (Lipinski definition) is 6. The Balaban J connectivity index is 1.19. The number of imidazole rings is 1. The van der Waals surface area contributed by atoms with Crippen LogP contribution < -0.4 is 9.88 Å². The molecule has 4 rings (SSSR count). The van der Waals surface area contributed by atoms with Crippen LogP contribution >= 0.6 is 11.8 Å². The van der Waals surface area contributed by atoms with Crippen molar-refractivity contribution >= 4 is 45.3 Å². The van der Waals surface area contributed by atoms with Gasteiger partial charge in [-0.3, -0.25) is 14.5 Å². The number of hydrogen-bond donors (Lipinski definition) is 1. The highest BCUT2D eigenvalue weighted by Crippen LogP contribution is 2.33. The zero-order chi connectivity index (χ0) is 26.2. The van der Waals surface area contributed by atoms with Crippen molar-refractivity contribution < 1.29 is 23.7 Å². The van der Waals surface area contributed by atoms with Crippen LogP contribution in [0.5, 0.6) is 0 Å². The summed E-state index contributed by atoms with van der Waals surface area (Å²) in [5, 5.41) is 4.97. The van der Waals surface area contributed by atoms with Gasteiger partial charge in [0, 0.05) is 53.4 Å². The number of ether oxygens (including phenoxy) is 1. The maximum Gasteiger partial charge on any atom is 0.367 e. The highest BCUT2D eigenvalue weighted by molar-refractivity contribution is 8.13. The third-order valence-electron chi connectivity index (χ3n) is 6.56. The second kappa shape index (κ2) is 12.8. The number of unbranched alkanes of at least 4 members (excludes halogenated alkanes) is 3. The van der Waals surface area contributed by atoms with Gasteiger partial charge in [-0.15, -0.1) is 0 Å². The van der Waals surface area contributed by atoms with Crippen LogP contribution in [0, 0.1) is 0 Å². The lowest BCUT2D eigenvalue weighted by molar-refractivity contribution is -0.696. The predicted molar refractivity (Wildman–Crippen MR) is 146 cm³/mol. The van der Waals surface area contributed by atoms with Gasteiger partial charge in [-0.25, -0.2) is 13.9 Å². The fraction of sp³-hybridized carbons (Fsp3) is 0.429. The van der Waals surface area contributed by atoms with Crippen molar-refractivity contribution in [3.8, 4) is 0 Å². The smallest absolute Gasteiger partial charge is 0.367 e. The van der Waals surface area contributed by atoms with Gasteiger partial charge >= 0.3 is 5.30 Å². The van der Waals surface area contributed by atoms with E-state index in [-0.39, 0.29) is 17.1 Å². The number of amides is 2. The average Bonchev–Trinajstić information content (AvgIpc) is 3.36. The molecule has 37 heavy (non-hydrogen) atoms. The number of imide groups is 1. The van der Waals surface area contributed by atoms with Crippen molar-refractivity contribution in [1.82, 2.24) is 9.47 Å². The van der Waals surface area contributed by atoms with E-state index < -0.39 is 0 Å². The van der Waals surface area contributed by atoms with Crippen LogP contribution in [0.25, 0.3) is 10.8 Å². The number of anilines is 1. The largest absolute Gasteiger partial charge is 0.458 e. The quantitative estimate of drug-likeness (QED) is 0.145. The Hall–Kier alpha value is -3.33. The molecule has 1 aliphatic rings. The molecule has 0 aliphatic carbocycles. The second-order valence-electron chi connectivity index (χ2n) is 9.17. The van der Waals surface area contributed by atoms with Crippen molar-refractivity contribution in [3.63, 3.8) is 0 Å². The number of carbonyl (C=O) groups is 3. The number of aromatic nitrogens is 2. The van der Waals surface area contributed by atoms with E-state index in [4.69, 9.17) is 4.74 Å². The van der Waals surface area contributed by atoms with Gasteiger partial charge in [0.05, 0.1) is 19.7 Å². The van der Waals surface area contributed by atoms with Gasteiger partial charge in [0.2, 0.25) is 6.33 Å². The minimum Gasteiger partial charge on any atom is -0.458 e. The van der Waals surface area contributed by atoms with E-state index in [0.29, 0.717) is 17.7 Å². The summed E-state index contributed by atoms with van der Waals surface area (Å²) in [5.41, 5.74) is 2.09. The average molecular weight is 524 g/mol. The molecule has 1 aliphatic heterocycles. The summed E-state index contributed by atoms with van der Waals surface area (Å²) in [4.78, 5) is 37.6. The van der Waals surface area contributed by atoms with Crippen LogP contribution in [-0.4, -0.2) is 52.5 Å². The van der Waals surface area contributed by atoms with Gasteiger partial charge in [-0.1, -0.05) is 18.6 Å². The molecule has 0 unspecified atom stereocenters. The number of rotatable bonds is 13. The first-order valence-electron chi connectivity index (χ1n) is 13.0. The summed E-state index contributed by atoms with van der Waals surface area (Å²) >= 11 is 1.27. The van der Waals surface area contributed by atoms with Crippen LogP contribution in [0.3, 0.4) is 0 Å². The number of aryl methyl sites for hydroxylation is 2. The van der Waals surface area contributed by atoms with Gasteiger partial charge < -0.3 is 10.1 Å². The molecule has 196 valence electrons. The zero-order valence-corrected chi connectivity index (χ0v) is 22.4. The maximum atomic E-state index is 12.6. The Morgan fingerprint density at radius 2 is 1.81 bits per heavy atom. The van der Waals surface area contributed by atoms with E-state index in [1.165, 1.54) is 23.7 Å². The number of benzene rings is 2. The van der Waals surface area contributed by atoms with Gasteiger partial charge in [-0.2, -0.15) is 0 Å². The molecular weight excluding hydrogens is 488 g/mol. The Morgan fingerprint density at radius 1 is 1.03 bits per heavy atom. The second-order valence-corrected chi connectivity index (χ2v) is 10.2. The molecule has 8 nitrogen and oxygen atoms in total. The molecule has 0 spiro atoms. The SMILES string of the molecule is CCOC(=O)SCCCCCC[n+]1ccn(CCCNc2ccc3c4c(cccc24)C(=O)N(C)C3=O)c1. The molecule has 1 N–H and O–H groups in total. The van der Waals surface area contributed by atoms with E-state index in [2.05, 4.69) is 33.2 Å². The summed E-state index contributed by atoms with van der Waals surface area (Å²) in [6.45, 7) is 4.93. The molecule has 2 heterocycles. The molecule has 0 fully saturated rings. The highest BCUT2D eigenvalue weighted by Gasteiger charge is 2.30. The zero-order valence-electron chi connectivity index (χ0n) is 21.6. The van der Waals surface area contributed by atoms with E-state index >= 15 is 0 Å². The van der Waals surface area contributed by atoms with E-state index in [0.717, 1.165) is 74.0 Å². The van der Waals surface area contributed by atoms with E-state index in [1.807, 2.05) is 31.2 Å². The molecular formula is C28H35N4O4S+. The van der Waals surface area contributed by atoms with E-state index in [1.54, 1.807) is 6.07 Å². The van der Waals surface area contributed by atoms with Crippen LogP contribution in [0.1, 0.15) is 59.7 Å². The predicted octanol–water partition coefficient (Wildman–Crippen LogP) is 5.11. The van der Waals surface area contributed by atoms with Crippen molar-refractivity contribution in [2.75, 3.05) is 31.3 Å². The number of nitrogens with one attached hydrogen (secondary N) is 1. The van der Waals surface area contributed by atoms with Crippen LogP contribution in [0.2, 0.25) is 0 Å². The molecule has 0 radical (unpaired) electrons. The van der Waals surface area contributed by atoms with Crippen molar-refractivity contribution in [3.05, 3.63) is 60.2 Å². The number of thioether (sulfide) groups is 1. The van der Waals surface area contributed by atoms with Crippen LogP contribution in [0.15, 0.2) is 49.1 Å². The fourth-order valence-corrected chi connectivity index (χ4v) is 5.34. The molecule has 2 aromatic carbocycles. The van der Waals surface area contributed by atoms with Gasteiger partial charge in [0.15, 0.2) is 0 Å². The summed E-state index contributed by atoms with van der Waals surface area (Å²) < 4.78 is 9.34. The first-order chi connectivity index (χ1) is 18.0. The normalized spacial score (nSPS) is 12.9. The summed E-state index contributed by atoms with van der Waals surface area (Å²) in [6.07, 6.45) is 11.7. The first kappa shape index (κ1) is 26.7. The Kier molecular flexibility index (Phi) is 9.22. The molecule has 0 saturated heterocycles. The third kappa shape index (κ3) is 6.52. The lowest BCUT2D eigenvalue weighted by Gasteiger charge is -2.24. The fourth-order valence-electron chi connectivity index (χ4n) is 4.62. The van der Waals surface area contributed by atoms with Gasteiger partial charge in [0.25, 0.3) is 11.8 Å². The maximum absolute atomic E-state index is 12.6. The molecule has 1 aromatic heterocycles. The number of nitrogens with zero attached hydrogens (tertiary/aromatic N) is 3.